The summed E-state index contributed by atoms with van der Waals surface area (Å²) in [6, 6.07) is 0. The van der Waals surface area contributed by atoms with E-state index in [1.807, 2.05) is 0 Å². The minimum atomic E-state index is -2.52. The van der Waals surface area contributed by atoms with Crippen LogP contribution in [0.5, 0.6) is 0 Å². The van der Waals surface area contributed by atoms with Crippen molar-refractivity contribution < 1.29 is 49.0 Å². The summed E-state index contributed by atoms with van der Waals surface area (Å²) in [5.41, 5.74) is -2.52. The monoisotopic (exact) mass is 408 g/mol. The molecule has 0 amide bonds. The van der Waals surface area contributed by atoms with Gasteiger partial charge in [0.05, 0.1) is 12.8 Å². The first-order valence-corrected chi connectivity index (χ1v) is 9.23. The van der Waals surface area contributed by atoms with Gasteiger partial charge in [-0.05, 0) is 20.8 Å². The molecule has 0 heterocycles. The fraction of sp³-hybridized carbons (Fsp3) is 0.833. The summed E-state index contributed by atoms with van der Waals surface area (Å²) >= 11 is 0. The van der Waals surface area contributed by atoms with Crippen molar-refractivity contribution in [2.24, 2.45) is 0 Å². The van der Waals surface area contributed by atoms with Crippen LogP contribution >= 0.6 is 0 Å². The van der Waals surface area contributed by atoms with Crippen LogP contribution in [-0.4, -0.2) is 82.1 Å². The molecular weight excluding hydrogens is 376 g/mol. The van der Waals surface area contributed by atoms with Crippen LogP contribution in [0.2, 0.25) is 0 Å². The van der Waals surface area contributed by atoms with Crippen molar-refractivity contribution in [3.8, 4) is 0 Å². The van der Waals surface area contributed by atoms with E-state index in [4.69, 9.17) is 29.5 Å². The average molecular weight is 408 g/mol. The zero-order valence-corrected chi connectivity index (χ0v) is 16.6. The zero-order chi connectivity index (χ0) is 21.7. The van der Waals surface area contributed by atoms with E-state index in [0.717, 1.165) is 0 Å². The van der Waals surface area contributed by atoms with Gasteiger partial charge in [0.2, 0.25) is 0 Å². The molecular formula is C18H32O10. The van der Waals surface area contributed by atoms with Crippen molar-refractivity contribution in [1.82, 2.24) is 0 Å². The highest BCUT2D eigenvalue weighted by Gasteiger charge is 2.44. The number of hydrogen-bond donors (Lipinski definition) is 4. The fourth-order valence-electron chi connectivity index (χ4n) is 2.23. The number of ether oxygens (including phenoxy) is 3. The molecule has 0 rings (SSSR count). The lowest BCUT2D eigenvalue weighted by Crippen LogP contribution is -2.46. The molecule has 10 heteroatoms. The number of aliphatic hydroxyl groups excluding tert-OH is 3. The zero-order valence-electron chi connectivity index (χ0n) is 16.6. The third-order valence-corrected chi connectivity index (χ3v) is 3.83. The first-order chi connectivity index (χ1) is 13.1. The van der Waals surface area contributed by atoms with Gasteiger partial charge >= 0.3 is 17.9 Å². The highest BCUT2D eigenvalue weighted by atomic mass is 16.6. The number of carbonyl (C=O) groups is 3. The van der Waals surface area contributed by atoms with Crippen LogP contribution in [0.15, 0.2) is 0 Å². The van der Waals surface area contributed by atoms with Crippen molar-refractivity contribution in [3.63, 3.8) is 0 Å². The van der Waals surface area contributed by atoms with Gasteiger partial charge in [-0.2, -0.15) is 0 Å². The van der Waals surface area contributed by atoms with E-state index in [2.05, 4.69) is 0 Å². The lowest BCUT2D eigenvalue weighted by atomic mass is 9.95. The molecule has 0 aromatic carbocycles. The standard InChI is InChI=1S/C18H32O10/c1-12(4-7-19)26-15(22)10-18(25,17(24)28-14(3)6-9-21)11-16(23)27-13(2)5-8-20/h12-14,19-21,25H,4-11H2,1-3H3. The SMILES string of the molecule is CC(CCO)OC(=O)CC(O)(CC(=O)OC(C)CCO)C(=O)OC(C)CCO. The third kappa shape index (κ3) is 10.5. The first kappa shape index (κ1) is 26.2. The summed E-state index contributed by atoms with van der Waals surface area (Å²) in [4.78, 5) is 36.5. The summed E-state index contributed by atoms with van der Waals surface area (Å²) in [6.07, 6.45) is -3.31. The van der Waals surface area contributed by atoms with Gasteiger partial charge in [0.25, 0.3) is 0 Å². The highest BCUT2D eigenvalue weighted by Crippen LogP contribution is 2.22. The quantitative estimate of drug-likeness (QED) is 0.217. The molecule has 164 valence electrons. The molecule has 0 aliphatic rings. The summed E-state index contributed by atoms with van der Waals surface area (Å²) < 4.78 is 15.0. The van der Waals surface area contributed by atoms with Gasteiger partial charge in [-0.1, -0.05) is 0 Å². The van der Waals surface area contributed by atoms with E-state index in [-0.39, 0.29) is 39.1 Å². The van der Waals surface area contributed by atoms with Crippen LogP contribution in [-0.2, 0) is 28.6 Å². The molecule has 0 radical (unpaired) electrons. The number of rotatable bonds is 14. The van der Waals surface area contributed by atoms with Gasteiger partial charge in [-0.3, -0.25) is 9.59 Å². The van der Waals surface area contributed by atoms with Crippen LogP contribution in [0.25, 0.3) is 0 Å². The first-order valence-electron chi connectivity index (χ1n) is 9.23. The summed E-state index contributed by atoms with van der Waals surface area (Å²) in [5, 5.41) is 37.3. The van der Waals surface area contributed by atoms with E-state index >= 15 is 0 Å². The molecule has 0 aromatic heterocycles. The predicted molar refractivity (Wildman–Crippen MR) is 96.0 cm³/mol. The molecule has 0 aromatic rings. The van der Waals surface area contributed by atoms with Crippen LogP contribution in [0.3, 0.4) is 0 Å². The van der Waals surface area contributed by atoms with Crippen LogP contribution in [0, 0.1) is 0 Å². The average Bonchev–Trinajstić information content (AvgIpc) is 2.54. The molecule has 3 unspecified atom stereocenters. The van der Waals surface area contributed by atoms with E-state index in [9.17, 15) is 19.5 Å². The van der Waals surface area contributed by atoms with Gasteiger partial charge in [-0.25, -0.2) is 4.79 Å². The third-order valence-electron chi connectivity index (χ3n) is 3.83. The van der Waals surface area contributed by atoms with Crippen LogP contribution in [0.1, 0.15) is 52.9 Å². The van der Waals surface area contributed by atoms with Crippen molar-refractivity contribution in [2.45, 2.75) is 76.8 Å². The fourth-order valence-corrected chi connectivity index (χ4v) is 2.23. The Morgan fingerprint density at radius 1 is 0.714 bits per heavy atom. The smallest absolute Gasteiger partial charge is 0.339 e. The molecule has 3 atom stereocenters. The number of esters is 3. The molecule has 4 N–H and O–H groups in total. The second-order valence-electron chi connectivity index (χ2n) is 6.74. The van der Waals surface area contributed by atoms with E-state index < -0.39 is 54.7 Å². The Morgan fingerprint density at radius 2 is 1.04 bits per heavy atom. The van der Waals surface area contributed by atoms with Gasteiger partial charge in [0, 0.05) is 39.1 Å². The lowest BCUT2D eigenvalue weighted by molar-refractivity contribution is -0.183. The molecule has 28 heavy (non-hydrogen) atoms. The van der Waals surface area contributed by atoms with Gasteiger partial charge in [-0.15, -0.1) is 0 Å². The van der Waals surface area contributed by atoms with E-state index in [1.165, 1.54) is 20.8 Å². The van der Waals surface area contributed by atoms with Crippen molar-refractivity contribution in [2.75, 3.05) is 19.8 Å². The Morgan fingerprint density at radius 3 is 1.36 bits per heavy atom. The Hall–Kier alpha value is -1.75. The Bertz CT molecular complexity index is 465. The van der Waals surface area contributed by atoms with Crippen molar-refractivity contribution in [3.05, 3.63) is 0 Å². The number of aliphatic hydroxyl groups is 4. The second kappa shape index (κ2) is 13.4. The minimum Gasteiger partial charge on any atom is -0.462 e. The molecule has 0 spiro atoms. The maximum atomic E-state index is 12.4. The summed E-state index contributed by atoms with van der Waals surface area (Å²) in [5.74, 6) is -3.12. The normalized spacial score (nSPS) is 16.4. The summed E-state index contributed by atoms with van der Waals surface area (Å²) in [7, 11) is 0. The topological polar surface area (TPSA) is 160 Å². The van der Waals surface area contributed by atoms with E-state index in [0.29, 0.717) is 0 Å². The van der Waals surface area contributed by atoms with Crippen molar-refractivity contribution >= 4 is 17.9 Å². The molecule has 0 bridgehead atoms. The Labute approximate surface area is 164 Å². The maximum Gasteiger partial charge on any atom is 0.339 e. The van der Waals surface area contributed by atoms with Crippen LogP contribution < -0.4 is 0 Å². The highest BCUT2D eigenvalue weighted by molar-refractivity contribution is 5.90. The predicted octanol–water partition coefficient (Wildman–Crippen LogP) is -0.560. The van der Waals surface area contributed by atoms with Gasteiger partial charge in [0.15, 0.2) is 5.60 Å². The minimum absolute atomic E-state index is 0.109. The Kier molecular flexibility index (Phi) is 12.6. The summed E-state index contributed by atoms with van der Waals surface area (Å²) in [6.45, 7) is 3.86. The van der Waals surface area contributed by atoms with Crippen molar-refractivity contribution in [1.29, 1.82) is 0 Å². The van der Waals surface area contributed by atoms with E-state index in [1.54, 1.807) is 0 Å². The molecule has 0 aliphatic carbocycles. The molecule has 0 aliphatic heterocycles. The second-order valence-corrected chi connectivity index (χ2v) is 6.74. The van der Waals surface area contributed by atoms with Gasteiger partial charge < -0.3 is 34.6 Å². The largest absolute Gasteiger partial charge is 0.462 e. The molecule has 0 saturated carbocycles. The van der Waals surface area contributed by atoms with Gasteiger partial charge in [0.1, 0.15) is 18.3 Å². The number of hydrogen-bond acceptors (Lipinski definition) is 10. The molecule has 0 fully saturated rings. The number of carbonyl (C=O) groups excluding carboxylic acids is 3. The lowest BCUT2D eigenvalue weighted by Gasteiger charge is -2.27. The molecule has 10 nitrogen and oxygen atoms in total. The maximum absolute atomic E-state index is 12.4. The van der Waals surface area contributed by atoms with Crippen LogP contribution in [0.4, 0.5) is 0 Å². The molecule has 0 saturated heterocycles. The Balaban J connectivity index is 5.20.